The quantitative estimate of drug-likeness (QED) is 0.493. The zero-order valence-electron chi connectivity index (χ0n) is 15.7. The van der Waals surface area contributed by atoms with Gasteiger partial charge in [-0.15, -0.1) is 5.10 Å². The Morgan fingerprint density at radius 3 is 2.63 bits per heavy atom. The van der Waals surface area contributed by atoms with Crippen LogP contribution in [0.1, 0.15) is 25.8 Å². The summed E-state index contributed by atoms with van der Waals surface area (Å²) in [6.45, 7) is 6.68. The van der Waals surface area contributed by atoms with Crippen molar-refractivity contribution >= 4 is 28.8 Å². The zero-order chi connectivity index (χ0) is 19.1. The molecule has 0 saturated carbocycles. The van der Waals surface area contributed by atoms with Gasteiger partial charge in [-0.25, -0.2) is 10.1 Å². The van der Waals surface area contributed by atoms with Crippen LogP contribution in [0.15, 0.2) is 53.6 Å². The van der Waals surface area contributed by atoms with Crippen molar-refractivity contribution < 1.29 is 4.79 Å². The van der Waals surface area contributed by atoms with E-state index in [1.165, 1.54) is 5.69 Å². The van der Waals surface area contributed by atoms with Crippen molar-refractivity contribution in [2.45, 2.75) is 26.8 Å². The number of rotatable bonds is 8. The lowest BCUT2D eigenvalue weighted by Gasteiger charge is -2.20. The van der Waals surface area contributed by atoms with E-state index in [2.05, 4.69) is 51.7 Å². The van der Waals surface area contributed by atoms with Crippen molar-refractivity contribution in [3.63, 3.8) is 0 Å². The van der Waals surface area contributed by atoms with Gasteiger partial charge in [0.1, 0.15) is 5.52 Å². The third-order valence-electron chi connectivity index (χ3n) is 4.40. The SMILES string of the molecule is CCN(CC)c1ccc(/C=N\NC(=O)CCn2nnc3ccccc32)cc1. The van der Waals surface area contributed by atoms with Crippen LogP contribution in [0, 0.1) is 0 Å². The second-order valence-corrected chi connectivity index (χ2v) is 6.11. The summed E-state index contributed by atoms with van der Waals surface area (Å²) in [6.07, 6.45) is 1.93. The largest absolute Gasteiger partial charge is 0.372 e. The summed E-state index contributed by atoms with van der Waals surface area (Å²) in [5, 5.41) is 12.2. The smallest absolute Gasteiger partial charge is 0.241 e. The number of para-hydroxylation sites is 1. The molecule has 0 unspecified atom stereocenters. The predicted octanol–water partition coefficient (Wildman–Crippen LogP) is 2.82. The molecule has 0 aliphatic heterocycles. The average molecular weight is 364 g/mol. The van der Waals surface area contributed by atoms with E-state index in [1.54, 1.807) is 10.9 Å². The van der Waals surface area contributed by atoms with Gasteiger partial charge in [0.05, 0.1) is 18.3 Å². The molecule has 0 spiro atoms. The number of carbonyl (C=O) groups is 1. The van der Waals surface area contributed by atoms with E-state index in [-0.39, 0.29) is 12.3 Å². The summed E-state index contributed by atoms with van der Waals surface area (Å²) in [5.41, 5.74) is 6.42. The number of aryl methyl sites for hydroxylation is 1. The standard InChI is InChI=1S/C20H24N6O/c1-3-25(4-2)17-11-9-16(10-12-17)15-21-23-20(27)13-14-26-19-8-6-5-7-18(19)22-24-26/h5-12,15H,3-4,13-14H2,1-2H3,(H,23,27)/b21-15-. The molecule has 0 aliphatic rings. The first kappa shape index (κ1) is 18.6. The van der Waals surface area contributed by atoms with Crippen molar-refractivity contribution in [2.75, 3.05) is 18.0 Å². The Balaban J connectivity index is 1.50. The Labute approximate surface area is 158 Å². The summed E-state index contributed by atoms with van der Waals surface area (Å²) in [4.78, 5) is 14.3. The summed E-state index contributed by atoms with van der Waals surface area (Å²) in [7, 11) is 0. The van der Waals surface area contributed by atoms with E-state index in [1.807, 2.05) is 36.4 Å². The number of amides is 1. The lowest BCUT2D eigenvalue weighted by Crippen LogP contribution is -2.21. The number of nitrogens with zero attached hydrogens (tertiary/aromatic N) is 5. The fourth-order valence-electron chi connectivity index (χ4n) is 2.88. The van der Waals surface area contributed by atoms with Crippen molar-refractivity contribution in [3.05, 3.63) is 54.1 Å². The van der Waals surface area contributed by atoms with Crippen molar-refractivity contribution in [2.24, 2.45) is 5.10 Å². The summed E-state index contributed by atoms with van der Waals surface area (Å²) in [6, 6.07) is 15.8. The van der Waals surface area contributed by atoms with Crippen LogP contribution in [0.2, 0.25) is 0 Å². The highest BCUT2D eigenvalue weighted by molar-refractivity contribution is 5.83. The molecule has 1 N–H and O–H groups in total. The minimum atomic E-state index is -0.161. The number of hydrogen-bond donors (Lipinski definition) is 1. The maximum absolute atomic E-state index is 12.0. The maximum Gasteiger partial charge on any atom is 0.241 e. The van der Waals surface area contributed by atoms with Crippen LogP contribution in [-0.2, 0) is 11.3 Å². The molecule has 140 valence electrons. The van der Waals surface area contributed by atoms with Crippen LogP contribution in [0.3, 0.4) is 0 Å². The Morgan fingerprint density at radius 2 is 1.89 bits per heavy atom. The van der Waals surface area contributed by atoms with E-state index in [4.69, 9.17) is 0 Å². The topological polar surface area (TPSA) is 75.4 Å². The second kappa shape index (κ2) is 8.93. The van der Waals surface area contributed by atoms with Crippen LogP contribution in [0.25, 0.3) is 11.0 Å². The van der Waals surface area contributed by atoms with Gasteiger partial charge in [-0.3, -0.25) is 4.79 Å². The van der Waals surface area contributed by atoms with E-state index in [0.717, 1.165) is 29.7 Å². The van der Waals surface area contributed by atoms with Crippen LogP contribution in [0.5, 0.6) is 0 Å². The van der Waals surface area contributed by atoms with E-state index >= 15 is 0 Å². The van der Waals surface area contributed by atoms with Gasteiger partial charge in [0.2, 0.25) is 5.91 Å². The molecule has 2 aromatic carbocycles. The highest BCUT2D eigenvalue weighted by Gasteiger charge is 2.06. The van der Waals surface area contributed by atoms with E-state index < -0.39 is 0 Å². The number of anilines is 1. The van der Waals surface area contributed by atoms with E-state index in [9.17, 15) is 4.79 Å². The number of nitrogens with one attached hydrogen (secondary N) is 1. The molecule has 3 rings (SSSR count). The molecular weight excluding hydrogens is 340 g/mol. The fourth-order valence-corrected chi connectivity index (χ4v) is 2.88. The van der Waals surface area contributed by atoms with Gasteiger partial charge >= 0.3 is 0 Å². The van der Waals surface area contributed by atoms with Gasteiger partial charge in [-0.2, -0.15) is 5.10 Å². The molecule has 0 fully saturated rings. The molecule has 0 saturated heterocycles. The number of fused-ring (bicyclic) bond motifs is 1. The molecule has 27 heavy (non-hydrogen) atoms. The van der Waals surface area contributed by atoms with Crippen LogP contribution in [-0.4, -0.2) is 40.2 Å². The van der Waals surface area contributed by atoms with Gasteiger partial charge < -0.3 is 4.90 Å². The molecular formula is C20H24N6O. The molecule has 0 aliphatic carbocycles. The number of benzene rings is 2. The third-order valence-corrected chi connectivity index (χ3v) is 4.40. The highest BCUT2D eigenvalue weighted by atomic mass is 16.2. The number of hydrazone groups is 1. The normalized spacial score (nSPS) is 11.2. The van der Waals surface area contributed by atoms with Crippen LogP contribution < -0.4 is 10.3 Å². The molecule has 1 heterocycles. The van der Waals surface area contributed by atoms with Gasteiger partial charge in [0.25, 0.3) is 0 Å². The Hall–Kier alpha value is -3.22. The molecule has 0 radical (unpaired) electrons. The predicted molar refractivity (Wildman–Crippen MR) is 108 cm³/mol. The Kier molecular flexibility index (Phi) is 6.14. The van der Waals surface area contributed by atoms with Gasteiger partial charge in [-0.05, 0) is 43.7 Å². The minimum absolute atomic E-state index is 0.161. The summed E-state index contributed by atoms with van der Waals surface area (Å²) < 4.78 is 1.73. The Bertz CT molecular complexity index is 912. The summed E-state index contributed by atoms with van der Waals surface area (Å²) in [5.74, 6) is -0.161. The summed E-state index contributed by atoms with van der Waals surface area (Å²) >= 11 is 0. The molecule has 0 atom stereocenters. The number of hydrogen-bond acceptors (Lipinski definition) is 5. The number of aromatic nitrogens is 3. The first-order valence-corrected chi connectivity index (χ1v) is 9.16. The monoisotopic (exact) mass is 364 g/mol. The lowest BCUT2D eigenvalue weighted by atomic mass is 10.2. The van der Waals surface area contributed by atoms with Crippen molar-refractivity contribution in [1.82, 2.24) is 20.4 Å². The highest BCUT2D eigenvalue weighted by Crippen LogP contribution is 2.14. The molecule has 1 aromatic heterocycles. The second-order valence-electron chi connectivity index (χ2n) is 6.11. The Morgan fingerprint density at radius 1 is 1.15 bits per heavy atom. The fraction of sp³-hybridized carbons (Fsp3) is 0.300. The molecule has 0 bridgehead atoms. The van der Waals surface area contributed by atoms with Gasteiger partial charge in [0, 0.05) is 25.2 Å². The number of carbonyl (C=O) groups excluding carboxylic acids is 1. The minimum Gasteiger partial charge on any atom is -0.372 e. The third kappa shape index (κ3) is 4.69. The first-order valence-electron chi connectivity index (χ1n) is 9.16. The van der Waals surface area contributed by atoms with Crippen molar-refractivity contribution in [1.29, 1.82) is 0 Å². The first-order chi connectivity index (χ1) is 13.2. The van der Waals surface area contributed by atoms with Crippen molar-refractivity contribution in [3.8, 4) is 0 Å². The van der Waals surface area contributed by atoms with Gasteiger partial charge in [0.15, 0.2) is 0 Å². The molecule has 7 heteroatoms. The molecule has 1 amide bonds. The zero-order valence-corrected chi connectivity index (χ0v) is 15.7. The molecule has 3 aromatic rings. The van der Waals surface area contributed by atoms with Crippen LogP contribution in [0.4, 0.5) is 5.69 Å². The average Bonchev–Trinajstić information content (AvgIpc) is 3.12. The lowest BCUT2D eigenvalue weighted by molar-refractivity contribution is -0.121. The maximum atomic E-state index is 12.0. The molecule has 7 nitrogen and oxygen atoms in total. The van der Waals surface area contributed by atoms with E-state index in [0.29, 0.717) is 6.54 Å². The van der Waals surface area contributed by atoms with Gasteiger partial charge in [-0.1, -0.05) is 29.5 Å². The van der Waals surface area contributed by atoms with Crippen LogP contribution >= 0.6 is 0 Å².